The van der Waals surface area contributed by atoms with Gasteiger partial charge in [-0.25, -0.2) is 0 Å². The van der Waals surface area contributed by atoms with Crippen LogP contribution in [-0.4, -0.2) is 8.07 Å². The van der Waals surface area contributed by atoms with E-state index in [1.807, 2.05) is 13.1 Å². The SMILES string of the molecule is C=CC[Si](C)(C)c1cccc(C(F)(F)F)c1. The van der Waals surface area contributed by atoms with Crippen LogP contribution in [0.1, 0.15) is 5.56 Å². The summed E-state index contributed by atoms with van der Waals surface area (Å²) in [5.74, 6) is 0. The Morgan fingerprint density at radius 3 is 2.44 bits per heavy atom. The first-order valence-corrected chi connectivity index (χ1v) is 8.27. The van der Waals surface area contributed by atoms with Crippen molar-refractivity contribution in [1.82, 2.24) is 0 Å². The maximum Gasteiger partial charge on any atom is 0.416 e. The normalized spacial score (nSPS) is 12.6. The summed E-state index contributed by atoms with van der Waals surface area (Å²) in [7, 11) is -1.81. The zero-order valence-electron chi connectivity index (χ0n) is 9.43. The molecule has 0 radical (unpaired) electrons. The van der Waals surface area contributed by atoms with Crippen molar-refractivity contribution in [2.45, 2.75) is 25.3 Å². The van der Waals surface area contributed by atoms with E-state index in [0.29, 0.717) is 0 Å². The van der Waals surface area contributed by atoms with Crippen molar-refractivity contribution in [3.63, 3.8) is 0 Å². The van der Waals surface area contributed by atoms with Gasteiger partial charge in [0.2, 0.25) is 0 Å². The lowest BCUT2D eigenvalue weighted by molar-refractivity contribution is -0.137. The Balaban J connectivity index is 3.12. The van der Waals surface area contributed by atoms with E-state index in [9.17, 15) is 13.2 Å². The third kappa shape index (κ3) is 2.98. The Morgan fingerprint density at radius 2 is 1.94 bits per heavy atom. The van der Waals surface area contributed by atoms with Gasteiger partial charge in [-0.3, -0.25) is 0 Å². The number of allylic oxidation sites excluding steroid dienone is 1. The fourth-order valence-corrected chi connectivity index (χ4v) is 3.65. The predicted molar refractivity (Wildman–Crippen MR) is 63.6 cm³/mol. The van der Waals surface area contributed by atoms with E-state index in [1.54, 1.807) is 12.1 Å². The highest BCUT2D eigenvalue weighted by molar-refractivity contribution is 6.90. The highest BCUT2D eigenvalue weighted by Gasteiger charge is 2.32. The van der Waals surface area contributed by atoms with E-state index in [4.69, 9.17) is 0 Å². The third-order valence-electron chi connectivity index (χ3n) is 2.63. The number of halogens is 3. The molecule has 1 aromatic carbocycles. The number of rotatable bonds is 3. The number of benzene rings is 1. The van der Waals surface area contributed by atoms with Gasteiger partial charge in [-0.2, -0.15) is 13.2 Å². The smallest absolute Gasteiger partial charge is 0.166 e. The second kappa shape index (κ2) is 4.45. The van der Waals surface area contributed by atoms with Crippen LogP contribution in [0.3, 0.4) is 0 Å². The minimum absolute atomic E-state index is 0.561. The molecule has 0 amide bonds. The van der Waals surface area contributed by atoms with Crippen LogP contribution in [-0.2, 0) is 6.18 Å². The van der Waals surface area contributed by atoms with Crippen molar-refractivity contribution in [2.75, 3.05) is 0 Å². The lowest BCUT2D eigenvalue weighted by Gasteiger charge is -2.22. The summed E-state index contributed by atoms with van der Waals surface area (Å²) in [6.07, 6.45) is -2.47. The van der Waals surface area contributed by atoms with Crippen molar-refractivity contribution < 1.29 is 13.2 Å². The minimum atomic E-state index is -4.26. The monoisotopic (exact) mass is 244 g/mol. The van der Waals surface area contributed by atoms with E-state index in [1.165, 1.54) is 12.1 Å². The Hall–Kier alpha value is -1.03. The minimum Gasteiger partial charge on any atom is -0.166 e. The molecule has 0 aliphatic carbocycles. The summed E-state index contributed by atoms with van der Waals surface area (Å²) in [5.41, 5.74) is -0.561. The van der Waals surface area contributed by atoms with Gasteiger partial charge in [-0.05, 0) is 6.04 Å². The van der Waals surface area contributed by atoms with Crippen LogP contribution in [0.5, 0.6) is 0 Å². The highest BCUT2D eigenvalue weighted by atomic mass is 28.3. The van der Waals surface area contributed by atoms with Crippen molar-refractivity contribution in [1.29, 1.82) is 0 Å². The first kappa shape index (κ1) is 13.0. The van der Waals surface area contributed by atoms with Crippen LogP contribution >= 0.6 is 0 Å². The fraction of sp³-hybridized carbons (Fsp3) is 0.333. The van der Waals surface area contributed by atoms with E-state index >= 15 is 0 Å². The van der Waals surface area contributed by atoms with Crippen LogP contribution in [0.2, 0.25) is 19.1 Å². The van der Waals surface area contributed by atoms with Crippen LogP contribution < -0.4 is 5.19 Å². The molecule has 1 aromatic rings. The fourth-order valence-electron chi connectivity index (χ4n) is 1.60. The molecule has 0 atom stereocenters. The molecule has 16 heavy (non-hydrogen) atoms. The zero-order valence-corrected chi connectivity index (χ0v) is 10.4. The van der Waals surface area contributed by atoms with Gasteiger partial charge in [-0.15, -0.1) is 6.58 Å². The van der Waals surface area contributed by atoms with Gasteiger partial charge in [0, 0.05) is 0 Å². The summed E-state index contributed by atoms with van der Waals surface area (Å²) in [6.45, 7) is 7.75. The average Bonchev–Trinajstić information content (AvgIpc) is 2.16. The molecule has 0 spiro atoms. The summed E-state index contributed by atoms with van der Waals surface area (Å²) >= 11 is 0. The topological polar surface area (TPSA) is 0 Å². The Morgan fingerprint density at radius 1 is 1.31 bits per heavy atom. The molecule has 0 aliphatic heterocycles. The summed E-state index contributed by atoms with van der Waals surface area (Å²) in [4.78, 5) is 0. The maximum absolute atomic E-state index is 12.5. The molecule has 1 rings (SSSR count). The van der Waals surface area contributed by atoms with Gasteiger partial charge in [0.25, 0.3) is 0 Å². The summed E-state index contributed by atoms with van der Waals surface area (Å²) < 4.78 is 37.6. The Labute approximate surface area is 94.8 Å². The summed E-state index contributed by atoms with van der Waals surface area (Å²) in [5, 5.41) is 0.822. The van der Waals surface area contributed by atoms with Crippen LogP contribution in [0.25, 0.3) is 0 Å². The largest absolute Gasteiger partial charge is 0.416 e. The van der Waals surface area contributed by atoms with Crippen molar-refractivity contribution in [2.24, 2.45) is 0 Å². The molecule has 0 saturated heterocycles. The van der Waals surface area contributed by atoms with Crippen LogP contribution in [0, 0.1) is 0 Å². The van der Waals surface area contributed by atoms with Gasteiger partial charge >= 0.3 is 6.18 Å². The molecule has 0 N–H and O–H groups in total. The lowest BCUT2D eigenvalue weighted by atomic mass is 10.2. The lowest BCUT2D eigenvalue weighted by Crippen LogP contribution is -2.41. The maximum atomic E-state index is 12.5. The van der Waals surface area contributed by atoms with Gasteiger partial charge in [-0.1, -0.05) is 48.6 Å². The molecule has 0 bridgehead atoms. The third-order valence-corrected chi connectivity index (χ3v) is 5.81. The Kier molecular flexibility index (Phi) is 3.63. The zero-order chi connectivity index (χ0) is 12.4. The van der Waals surface area contributed by atoms with E-state index in [2.05, 4.69) is 6.58 Å². The van der Waals surface area contributed by atoms with Gasteiger partial charge < -0.3 is 0 Å². The number of hydrogen-bond acceptors (Lipinski definition) is 0. The van der Waals surface area contributed by atoms with Crippen molar-refractivity contribution in [3.8, 4) is 0 Å². The van der Waals surface area contributed by atoms with E-state index in [-0.39, 0.29) is 0 Å². The molecule has 0 aromatic heterocycles. The molecule has 88 valence electrons. The second-order valence-corrected chi connectivity index (χ2v) is 9.21. The van der Waals surface area contributed by atoms with Crippen LogP contribution in [0.15, 0.2) is 36.9 Å². The molecule has 4 heteroatoms. The molecule has 0 unspecified atom stereocenters. The average molecular weight is 244 g/mol. The molecular formula is C12H15F3Si. The first-order valence-electron chi connectivity index (χ1n) is 5.06. The number of alkyl halides is 3. The second-order valence-electron chi connectivity index (χ2n) is 4.46. The van der Waals surface area contributed by atoms with Gasteiger partial charge in [0.15, 0.2) is 0 Å². The van der Waals surface area contributed by atoms with Crippen molar-refractivity contribution >= 4 is 13.3 Å². The molecule has 0 heterocycles. The molecule has 0 saturated carbocycles. The quantitative estimate of drug-likeness (QED) is 0.560. The van der Waals surface area contributed by atoms with E-state index < -0.39 is 19.8 Å². The van der Waals surface area contributed by atoms with Crippen molar-refractivity contribution in [3.05, 3.63) is 42.5 Å². The molecular weight excluding hydrogens is 229 g/mol. The Bertz CT molecular complexity index is 380. The molecule has 0 fully saturated rings. The highest BCUT2D eigenvalue weighted by Crippen LogP contribution is 2.28. The van der Waals surface area contributed by atoms with E-state index in [0.717, 1.165) is 17.3 Å². The van der Waals surface area contributed by atoms with Gasteiger partial charge in [0.05, 0.1) is 13.6 Å². The number of hydrogen-bond donors (Lipinski definition) is 0. The van der Waals surface area contributed by atoms with Gasteiger partial charge in [0.1, 0.15) is 0 Å². The first-order chi connectivity index (χ1) is 7.27. The summed E-state index contributed by atoms with van der Waals surface area (Å²) in [6, 6.07) is 6.44. The molecule has 0 aliphatic rings. The van der Waals surface area contributed by atoms with Crippen LogP contribution in [0.4, 0.5) is 13.2 Å². The molecule has 0 nitrogen and oxygen atoms in total. The standard InChI is InChI=1S/C12H15F3Si/c1-4-8-16(2,3)11-7-5-6-10(9-11)12(13,14)15/h4-7,9H,1,8H2,2-3H3. The predicted octanol–water partition coefficient (Wildman–Crippen LogP) is 3.81.